The van der Waals surface area contributed by atoms with E-state index >= 15 is 0 Å². The zero-order chi connectivity index (χ0) is 13.1. The van der Waals surface area contributed by atoms with Gasteiger partial charge in [0, 0.05) is 11.1 Å². The summed E-state index contributed by atoms with van der Waals surface area (Å²) in [4.78, 5) is 26.0. The maximum absolute atomic E-state index is 11.5. The average Bonchev–Trinajstić information content (AvgIpc) is 2.75. The SMILES string of the molecule is Cc1ocnc1-c1ccc(C(=O)CC(=O)O)cc1. The third kappa shape index (κ3) is 2.45. The number of carboxylic acids is 1. The van der Waals surface area contributed by atoms with E-state index in [0.29, 0.717) is 17.0 Å². The normalized spacial score (nSPS) is 10.3. The molecule has 0 spiro atoms. The van der Waals surface area contributed by atoms with Gasteiger partial charge in [-0.1, -0.05) is 24.3 Å². The average molecular weight is 245 g/mol. The van der Waals surface area contributed by atoms with E-state index in [1.54, 1.807) is 31.2 Å². The van der Waals surface area contributed by atoms with Gasteiger partial charge in [0.05, 0.1) is 0 Å². The summed E-state index contributed by atoms with van der Waals surface area (Å²) in [5.74, 6) is -0.845. The van der Waals surface area contributed by atoms with E-state index in [-0.39, 0.29) is 0 Å². The summed E-state index contributed by atoms with van der Waals surface area (Å²) in [6.45, 7) is 1.80. The molecule has 2 aromatic rings. The number of carbonyl (C=O) groups excluding carboxylic acids is 1. The summed E-state index contributed by atoms with van der Waals surface area (Å²) >= 11 is 0. The summed E-state index contributed by atoms with van der Waals surface area (Å²) in [5.41, 5.74) is 1.92. The first-order valence-corrected chi connectivity index (χ1v) is 5.33. The fraction of sp³-hybridized carbons (Fsp3) is 0.154. The predicted octanol–water partition coefficient (Wildman–Crippen LogP) is 2.31. The molecule has 0 aliphatic rings. The fourth-order valence-electron chi connectivity index (χ4n) is 1.64. The van der Waals surface area contributed by atoms with Crippen molar-refractivity contribution in [1.29, 1.82) is 0 Å². The number of rotatable bonds is 4. The van der Waals surface area contributed by atoms with Gasteiger partial charge in [0.2, 0.25) is 0 Å². The number of aliphatic carboxylic acids is 1. The number of hydrogen-bond donors (Lipinski definition) is 1. The molecule has 5 nitrogen and oxygen atoms in total. The molecule has 2 rings (SSSR count). The van der Waals surface area contributed by atoms with Crippen LogP contribution in [0.3, 0.4) is 0 Å². The molecule has 0 aliphatic carbocycles. The third-order valence-electron chi connectivity index (χ3n) is 2.54. The first-order chi connectivity index (χ1) is 8.58. The summed E-state index contributed by atoms with van der Waals surface area (Å²) < 4.78 is 5.09. The van der Waals surface area contributed by atoms with Crippen LogP contribution in [0.25, 0.3) is 11.3 Å². The lowest BCUT2D eigenvalue weighted by molar-refractivity contribution is -0.135. The molecule has 0 atom stereocenters. The molecule has 0 saturated carbocycles. The summed E-state index contributed by atoms with van der Waals surface area (Å²) in [6.07, 6.45) is 0.858. The Kier molecular flexibility index (Phi) is 3.23. The van der Waals surface area contributed by atoms with E-state index in [2.05, 4.69) is 4.98 Å². The van der Waals surface area contributed by atoms with E-state index in [0.717, 1.165) is 5.56 Å². The van der Waals surface area contributed by atoms with Gasteiger partial charge >= 0.3 is 5.97 Å². The van der Waals surface area contributed by atoms with Crippen LogP contribution in [0.5, 0.6) is 0 Å². The summed E-state index contributed by atoms with van der Waals surface area (Å²) in [7, 11) is 0. The van der Waals surface area contributed by atoms with Crippen molar-refractivity contribution in [3.63, 3.8) is 0 Å². The minimum Gasteiger partial charge on any atom is -0.481 e. The van der Waals surface area contributed by atoms with Crippen molar-refractivity contribution < 1.29 is 19.1 Å². The Morgan fingerprint density at radius 3 is 2.44 bits per heavy atom. The van der Waals surface area contributed by atoms with Crippen LogP contribution in [0.1, 0.15) is 22.5 Å². The van der Waals surface area contributed by atoms with Crippen molar-refractivity contribution >= 4 is 11.8 Å². The minimum absolute atomic E-state index is 0.377. The topological polar surface area (TPSA) is 80.4 Å². The van der Waals surface area contributed by atoms with E-state index in [1.807, 2.05) is 0 Å². The van der Waals surface area contributed by atoms with Crippen LogP contribution >= 0.6 is 0 Å². The highest BCUT2D eigenvalue weighted by atomic mass is 16.4. The van der Waals surface area contributed by atoms with Gasteiger partial charge in [-0.05, 0) is 6.92 Å². The van der Waals surface area contributed by atoms with Gasteiger partial charge in [-0.2, -0.15) is 0 Å². The highest BCUT2D eigenvalue weighted by Crippen LogP contribution is 2.21. The lowest BCUT2D eigenvalue weighted by Gasteiger charge is -2.01. The number of aromatic nitrogens is 1. The number of oxazole rings is 1. The minimum atomic E-state index is -1.13. The van der Waals surface area contributed by atoms with Crippen LogP contribution in [-0.4, -0.2) is 21.8 Å². The predicted molar refractivity (Wildman–Crippen MR) is 63.3 cm³/mol. The van der Waals surface area contributed by atoms with Crippen molar-refractivity contribution in [1.82, 2.24) is 4.98 Å². The zero-order valence-electron chi connectivity index (χ0n) is 9.71. The lowest BCUT2D eigenvalue weighted by atomic mass is 10.0. The number of aryl methyl sites for hydroxylation is 1. The molecule has 18 heavy (non-hydrogen) atoms. The van der Waals surface area contributed by atoms with Gasteiger partial charge in [0.1, 0.15) is 17.9 Å². The molecule has 0 unspecified atom stereocenters. The first kappa shape index (κ1) is 12.0. The second-order valence-corrected chi connectivity index (χ2v) is 3.83. The Hall–Kier alpha value is -2.43. The van der Waals surface area contributed by atoms with E-state index < -0.39 is 18.2 Å². The van der Waals surface area contributed by atoms with E-state index in [1.165, 1.54) is 6.39 Å². The lowest BCUT2D eigenvalue weighted by Crippen LogP contribution is -2.06. The smallest absolute Gasteiger partial charge is 0.311 e. The highest BCUT2D eigenvalue weighted by Gasteiger charge is 2.11. The standard InChI is InChI=1S/C13H11NO4/c1-8-13(14-7-18-8)10-4-2-9(3-5-10)11(15)6-12(16)17/h2-5,7H,6H2,1H3,(H,16,17). The quantitative estimate of drug-likeness (QED) is 0.660. The van der Waals surface area contributed by atoms with Crippen LogP contribution in [0.2, 0.25) is 0 Å². The van der Waals surface area contributed by atoms with Gasteiger partial charge < -0.3 is 9.52 Å². The molecule has 5 heteroatoms. The largest absolute Gasteiger partial charge is 0.481 e. The van der Waals surface area contributed by atoms with E-state index in [4.69, 9.17) is 9.52 Å². The van der Waals surface area contributed by atoms with Gasteiger partial charge in [0.15, 0.2) is 12.2 Å². The molecule has 1 aromatic carbocycles. The molecule has 0 bridgehead atoms. The number of Topliss-reactive ketones (excluding diaryl/α,β-unsaturated/α-hetero) is 1. The Morgan fingerprint density at radius 2 is 1.94 bits per heavy atom. The first-order valence-electron chi connectivity index (χ1n) is 5.33. The number of nitrogens with zero attached hydrogens (tertiary/aromatic N) is 1. The number of benzene rings is 1. The molecule has 1 aromatic heterocycles. The number of carbonyl (C=O) groups is 2. The van der Waals surface area contributed by atoms with Crippen molar-refractivity contribution in [3.8, 4) is 11.3 Å². The van der Waals surface area contributed by atoms with Gasteiger partial charge in [-0.3, -0.25) is 9.59 Å². The van der Waals surface area contributed by atoms with Gasteiger partial charge in [-0.25, -0.2) is 4.98 Å². The van der Waals surface area contributed by atoms with Crippen LogP contribution in [0.15, 0.2) is 35.1 Å². The Morgan fingerprint density at radius 1 is 1.28 bits per heavy atom. The summed E-state index contributed by atoms with van der Waals surface area (Å²) in [5, 5.41) is 8.54. The second kappa shape index (κ2) is 4.83. The molecule has 92 valence electrons. The van der Waals surface area contributed by atoms with Crippen molar-refractivity contribution in [3.05, 3.63) is 42.0 Å². The van der Waals surface area contributed by atoms with Crippen molar-refractivity contribution in [2.24, 2.45) is 0 Å². The number of carboxylic acid groups (broad SMARTS) is 1. The molecule has 0 radical (unpaired) electrons. The third-order valence-corrected chi connectivity index (χ3v) is 2.54. The molecule has 0 saturated heterocycles. The van der Waals surface area contributed by atoms with Crippen LogP contribution < -0.4 is 0 Å². The Labute approximate surface area is 103 Å². The maximum Gasteiger partial charge on any atom is 0.311 e. The molecule has 0 aliphatic heterocycles. The van der Waals surface area contributed by atoms with Gasteiger partial charge in [-0.15, -0.1) is 0 Å². The van der Waals surface area contributed by atoms with Crippen LogP contribution in [-0.2, 0) is 4.79 Å². The Balaban J connectivity index is 2.23. The molecule has 0 amide bonds. The molecular formula is C13H11NO4. The highest BCUT2D eigenvalue weighted by molar-refractivity contribution is 6.05. The Bertz CT molecular complexity index is 583. The molecule has 1 N–H and O–H groups in total. The van der Waals surface area contributed by atoms with E-state index in [9.17, 15) is 9.59 Å². The zero-order valence-corrected chi connectivity index (χ0v) is 9.71. The van der Waals surface area contributed by atoms with Crippen molar-refractivity contribution in [2.75, 3.05) is 0 Å². The number of hydrogen-bond acceptors (Lipinski definition) is 4. The number of ketones is 1. The molecule has 1 heterocycles. The monoisotopic (exact) mass is 245 g/mol. The molecule has 0 fully saturated rings. The van der Waals surface area contributed by atoms with Crippen molar-refractivity contribution in [2.45, 2.75) is 13.3 Å². The van der Waals surface area contributed by atoms with Gasteiger partial charge in [0.25, 0.3) is 0 Å². The van der Waals surface area contributed by atoms with Crippen LogP contribution in [0.4, 0.5) is 0 Å². The fourth-order valence-corrected chi connectivity index (χ4v) is 1.64. The summed E-state index contributed by atoms with van der Waals surface area (Å²) in [6, 6.07) is 6.63. The maximum atomic E-state index is 11.5. The van der Waals surface area contributed by atoms with Crippen LogP contribution in [0, 0.1) is 6.92 Å². The second-order valence-electron chi connectivity index (χ2n) is 3.83. The molecular weight excluding hydrogens is 234 g/mol.